The minimum absolute atomic E-state index is 0.116. The van der Waals surface area contributed by atoms with Crippen LogP contribution in [0.15, 0.2) is 24.3 Å². The van der Waals surface area contributed by atoms with Crippen LogP contribution >= 0.6 is 0 Å². The average molecular weight is 195 g/mol. The predicted molar refractivity (Wildman–Crippen MR) is 57.4 cm³/mol. The fraction of sp³-hybridized carbons (Fsp3) is 0.455. The molecule has 3 heteroatoms. The van der Waals surface area contributed by atoms with Crippen molar-refractivity contribution in [2.45, 2.75) is 13.0 Å². The summed E-state index contributed by atoms with van der Waals surface area (Å²) < 4.78 is 0. The molecular formula is C11H17NO2. The molecule has 0 saturated heterocycles. The van der Waals surface area contributed by atoms with Crippen LogP contribution in [0.4, 0.5) is 5.69 Å². The molecule has 0 bridgehead atoms. The van der Waals surface area contributed by atoms with Gasteiger partial charge in [-0.25, -0.2) is 0 Å². The van der Waals surface area contributed by atoms with E-state index in [1.54, 1.807) is 6.92 Å². The quantitative estimate of drug-likeness (QED) is 0.758. The molecule has 1 rings (SSSR count). The normalized spacial score (nSPS) is 12.6. The summed E-state index contributed by atoms with van der Waals surface area (Å²) in [5, 5.41) is 18.4. The average Bonchev–Trinajstić information content (AvgIpc) is 2.18. The summed E-state index contributed by atoms with van der Waals surface area (Å²) in [6, 6.07) is 7.67. The van der Waals surface area contributed by atoms with Crippen molar-refractivity contribution in [2.24, 2.45) is 0 Å². The van der Waals surface area contributed by atoms with Gasteiger partial charge in [-0.2, -0.15) is 0 Å². The van der Waals surface area contributed by atoms with Gasteiger partial charge in [0.1, 0.15) is 0 Å². The lowest BCUT2D eigenvalue weighted by Gasteiger charge is -2.22. The standard InChI is InChI=1S/C11H17NO2/c1-9(14)10-5-3-4-6-11(10)12(2)7-8-13/h3-6,9,13-14H,7-8H2,1-2H3/t9-/m0/s1. The van der Waals surface area contributed by atoms with Crippen LogP contribution in [0, 0.1) is 0 Å². The van der Waals surface area contributed by atoms with Gasteiger partial charge < -0.3 is 15.1 Å². The smallest absolute Gasteiger partial charge is 0.0781 e. The van der Waals surface area contributed by atoms with E-state index in [0.717, 1.165) is 11.3 Å². The first kappa shape index (κ1) is 11.0. The Kier molecular flexibility index (Phi) is 3.92. The van der Waals surface area contributed by atoms with Crippen LogP contribution in [0.25, 0.3) is 0 Å². The van der Waals surface area contributed by atoms with Crippen LogP contribution in [0.2, 0.25) is 0 Å². The topological polar surface area (TPSA) is 43.7 Å². The van der Waals surface area contributed by atoms with Gasteiger partial charge in [0.15, 0.2) is 0 Å². The van der Waals surface area contributed by atoms with Crippen molar-refractivity contribution in [1.29, 1.82) is 0 Å². The lowest BCUT2D eigenvalue weighted by Crippen LogP contribution is -2.22. The number of nitrogens with zero attached hydrogens (tertiary/aromatic N) is 1. The Hall–Kier alpha value is -1.06. The molecule has 0 saturated carbocycles. The fourth-order valence-electron chi connectivity index (χ4n) is 1.46. The molecule has 0 spiro atoms. The second kappa shape index (κ2) is 4.98. The molecule has 0 fully saturated rings. The molecule has 0 aliphatic heterocycles. The van der Waals surface area contributed by atoms with E-state index in [1.165, 1.54) is 0 Å². The summed E-state index contributed by atoms with van der Waals surface area (Å²) in [5.41, 5.74) is 1.86. The first-order valence-electron chi connectivity index (χ1n) is 4.75. The maximum Gasteiger partial charge on any atom is 0.0781 e. The van der Waals surface area contributed by atoms with Crippen LogP contribution in [0.1, 0.15) is 18.6 Å². The highest BCUT2D eigenvalue weighted by Crippen LogP contribution is 2.24. The number of benzene rings is 1. The Bertz CT molecular complexity index is 286. The molecule has 0 aliphatic carbocycles. The predicted octanol–water partition coefficient (Wildman–Crippen LogP) is 1.17. The Morgan fingerprint density at radius 2 is 2.00 bits per heavy atom. The molecule has 14 heavy (non-hydrogen) atoms. The molecule has 2 N–H and O–H groups in total. The molecule has 0 heterocycles. The number of rotatable bonds is 4. The van der Waals surface area contributed by atoms with Gasteiger partial charge in [0, 0.05) is 24.8 Å². The van der Waals surface area contributed by atoms with E-state index in [4.69, 9.17) is 5.11 Å². The summed E-state index contributed by atoms with van der Waals surface area (Å²) in [5.74, 6) is 0. The number of para-hydroxylation sites is 1. The van der Waals surface area contributed by atoms with Gasteiger partial charge in [-0.05, 0) is 13.0 Å². The number of hydrogen-bond donors (Lipinski definition) is 2. The van der Waals surface area contributed by atoms with E-state index in [1.807, 2.05) is 36.2 Å². The SMILES string of the molecule is C[C@H](O)c1ccccc1N(C)CCO. The highest BCUT2D eigenvalue weighted by molar-refractivity contribution is 5.53. The Morgan fingerprint density at radius 1 is 1.36 bits per heavy atom. The second-order valence-corrected chi connectivity index (χ2v) is 3.38. The molecular weight excluding hydrogens is 178 g/mol. The molecule has 1 aromatic carbocycles. The molecule has 1 aromatic rings. The van der Waals surface area contributed by atoms with Gasteiger partial charge in [0.25, 0.3) is 0 Å². The molecule has 1 atom stereocenters. The summed E-state index contributed by atoms with van der Waals surface area (Å²) in [6.07, 6.45) is -0.479. The van der Waals surface area contributed by atoms with E-state index >= 15 is 0 Å². The van der Waals surface area contributed by atoms with Crippen molar-refractivity contribution in [2.75, 3.05) is 25.1 Å². The third-order valence-corrected chi connectivity index (χ3v) is 2.23. The third kappa shape index (κ3) is 2.47. The van der Waals surface area contributed by atoms with Crippen molar-refractivity contribution in [3.8, 4) is 0 Å². The Morgan fingerprint density at radius 3 is 2.57 bits per heavy atom. The van der Waals surface area contributed by atoms with Gasteiger partial charge in [-0.1, -0.05) is 18.2 Å². The highest BCUT2D eigenvalue weighted by atomic mass is 16.3. The number of likely N-dealkylation sites (N-methyl/N-ethyl adjacent to an activating group) is 1. The van der Waals surface area contributed by atoms with Gasteiger partial charge in [-0.15, -0.1) is 0 Å². The zero-order valence-electron chi connectivity index (χ0n) is 8.64. The maximum absolute atomic E-state index is 9.53. The first-order valence-corrected chi connectivity index (χ1v) is 4.75. The van der Waals surface area contributed by atoms with Gasteiger partial charge in [0.05, 0.1) is 12.7 Å². The number of aliphatic hydroxyl groups excluding tert-OH is 2. The number of anilines is 1. The van der Waals surface area contributed by atoms with Crippen molar-refractivity contribution in [3.63, 3.8) is 0 Å². The zero-order chi connectivity index (χ0) is 10.6. The first-order chi connectivity index (χ1) is 6.66. The molecule has 3 nitrogen and oxygen atoms in total. The third-order valence-electron chi connectivity index (χ3n) is 2.23. The van der Waals surface area contributed by atoms with Crippen molar-refractivity contribution in [3.05, 3.63) is 29.8 Å². The number of hydrogen-bond acceptors (Lipinski definition) is 3. The van der Waals surface area contributed by atoms with Crippen LogP contribution in [-0.2, 0) is 0 Å². The summed E-state index contributed by atoms with van der Waals surface area (Å²) in [4.78, 5) is 1.93. The van der Waals surface area contributed by atoms with Gasteiger partial charge >= 0.3 is 0 Å². The second-order valence-electron chi connectivity index (χ2n) is 3.38. The fourth-order valence-corrected chi connectivity index (χ4v) is 1.46. The molecule has 0 aromatic heterocycles. The van der Waals surface area contributed by atoms with E-state index in [0.29, 0.717) is 6.54 Å². The minimum Gasteiger partial charge on any atom is -0.395 e. The molecule has 0 amide bonds. The van der Waals surface area contributed by atoms with Crippen LogP contribution in [0.3, 0.4) is 0 Å². The van der Waals surface area contributed by atoms with Crippen LogP contribution in [-0.4, -0.2) is 30.4 Å². The van der Waals surface area contributed by atoms with Crippen molar-refractivity contribution < 1.29 is 10.2 Å². The lowest BCUT2D eigenvalue weighted by atomic mass is 10.1. The highest BCUT2D eigenvalue weighted by Gasteiger charge is 2.09. The Balaban J connectivity index is 2.94. The summed E-state index contributed by atoms with van der Waals surface area (Å²) in [7, 11) is 1.90. The van der Waals surface area contributed by atoms with Gasteiger partial charge in [0.2, 0.25) is 0 Å². The number of aliphatic hydroxyl groups is 2. The minimum atomic E-state index is -0.479. The van der Waals surface area contributed by atoms with Crippen molar-refractivity contribution in [1.82, 2.24) is 0 Å². The van der Waals surface area contributed by atoms with Crippen LogP contribution < -0.4 is 4.90 Å². The largest absolute Gasteiger partial charge is 0.395 e. The van der Waals surface area contributed by atoms with Gasteiger partial charge in [-0.3, -0.25) is 0 Å². The molecule has 0 unspecified atom stereocenters. The monoisotopic (exact) mass is 195 g/mol. The van der Waals surface area contributed by atoms with E-state index in [9.17, 15) is 5.11 Å². The Labute approximate surface area is 84.6 Å². The summed E-state index contributed by atoms with van der Waals surface area (Å²) in [6.45, 7) is 2.43. The van der Waals surface area contributed by atoms with E-state index < -0.39 is 6.10 Å². The maximum atomic E-state index is 9.53. The van der Waals surface area contributed by atoms with Crippen molar-refractivity contribution >= 4 is 5.69 Å². The molecule has 0 aliphatic rings. The van der Waals surface area contributed by atoms with E-state index in [2.05, 4.69) is 0 Å². The zero-order valence-corrected chi connectivity index (χ0v) is 8.64. The van der Waals surface area contributed by atoms with E-state index in [-0.39, 0.29) is 6.61 Å². The summed E-state index contributed by atoms with van der Waals surface area (Å²) >= 11 is 0. The molecule has 78 valence electrons. The lowest BCUT2D eigenvalue weighted by molar-refractivity contribution is 0.199. The molecule has 0 radical (unpaired) electrons. The van der Waals surface area contributed by atoms with Crippen LogP contribution in [0.5, 0.6) is 0 Å².